The zero-order valence-corrected chi connectivity index (χ0v) is 18.8. The summed E-state index contributed by atoms with van der Waals surface area (Å²) in [5.41, 5.74) is 0.539. The number of amides is 1. The molecule has 2 aromatic rings. The first-order valence-corrected chi connectivity index (χ1v) is 11.2. The topological polar surface area (TPSA) is 59.6 Å². The molecule has 33 heavy (non-hydrogen) atoms. The van der Waals surface area contributed by atoms with E-state index in [1.165, 1.54) is 0 Å². The molecule has 2 aromatic carbocycles. The van der Waals surface area contributed by atoms with Gasteiger partial charge >= 0.3 is 12.3 Å². The van der Waals surface area contributed by atoms with Gasteiger partial charge < -0.3 is 20.1 Å². The molecule has 2 aliphatic heterocycles. The number of hydrogen-bond donors (Lipinski definition) is 2. The maximum atomic E-state index is 13.3. The number of carbonyl (C=O) groups excluding carboxylic acids is 1. The van der Waals surface area contributed by atoms with Gasteiger partial charge in [-0.05, 0) is 49.9 Å². The molecule has 1 amide bonds. The van der Waals surface area contributed by atoms with Gasteiger partial charge in [-0.15, -0.1) is 0 Å². The maximum Gasteiger partial charge on any atom is 0.416 e. The summed E-state index contributed by atoms with van der Waals surface area (Å²) in [4.78, 5) is 11.8. The highest BCUT2D eigenvalue weighted by Crippen LogP contribution is 2.38. The Labute approximate surface area is 191 Å². The van der Waals surface area contributed by atoms with E-state index in [1.54, 1.807) is 19.9 Å². The van der Waals surface area contributed by atoms with E-state index in [2.05, 4.69) is 10.6 Å². The second-order valence-corrected chi connectivity index (χ2v) is 9.18. The fourth-order valence-corrected chi connectivity index (χ4v) is 4.73. The third-order valence-corrected chi connectivity index (χ3v) is 6.78. The molecule has 8 heteroatoms. The Bertz CT molecular complexity index is 986. The van der Waals surface area contributed by atoms with Crippen molar-refractivity contribution in [1.29, 1.82) is 0 Å². The highest BCUT2D eigenvalue weighted by molar-refractivity contribution is 5.69. The zero-order chi connectivity index (χ0) is 23.7. The Hall–Kier alpha value is -2.58. The first kappa shape index (κ1) is 23.6. The van der Waals surface area contributed by atoms with Crippen LogP contribution in [0.5, 0.6) is 0 Å². The summed E-state index contributed by atoms with van der Waals surface area (Å²) in [5.74, 6) is 0. The predicted molar refractivity (Wildman–Crippen MR) is 118 cm³/mol. The van der Waals surface area contributed by atoms with Gasteiger partial charge in [0.1, 0.15) is 0 Å². The van der Waals surface area contributed by atoms with Crippen molar-refractivity contribution in [2.75, 3.05) is 19.8 Å². The van der Waals surface area contributed by atoms with Crippen molar-refractivity contribution in [3.63, 3.8) is 0 Å². The Morgan fingerprint density at radius 2 is 1.88 bits per heavy atom. The van der Waals surface area contributed by atoms with E-state index in [4.69, 9.17) is 9.47 Å². The van der Waals surface area contributed by atoms with Crippen LogP contribution >= 0.6 is 0 Å². The Balaban J connectivity index is 1.53. The van der Waals surface area contributed by atoms with Gasteiger partial charge in [-0.1, -0.05) is 42.0 Å². The van der Waals surface area contributed by atoms with Crippen molar-refractivity contribution < 1.29 is 27.4 Å². The molecule has 2 N–H and O–H groups in total. The van der Waals surface area contributed by atoms with Crippen LogP contribution in [-0.4, -0.2) is 31.4 Å². The van der Waals surface area contributed by atoms with E-state index in [0.717, 1.165) is 30.5 Å². The molecule has 2 heterocycles. The number of ether oxygens (including phenoxy) is 2. The second-order valence-electron chi connectivity index (χ2n) is 9.18. The smallest absolute Gasteiger partial charge is 0.416 e. The number of alkyl halides is 3. The molecular weight excluding hydrogens is 433 g/mol. The van der Waals surface area contributed by atoms with Crippen LogP contribution in [0.2, 0.25) is 0 Å². The van der Waals surface area contributed by atoms with E-state index >= 15 is 0 Å². The monoisotopic (exact) mass is 462 g/mol. The minimum Gasteiger partial charge on any atom is -0.449 e. The van der Waals surface area contributed by atoms with Crippen LogP contribution in [0, 0.1) is 6.92 Å². The molecule has 0 radical (unpaired) electrons. The van der Waals surface area contributed by atoms with Gasteiger partial charge in [0.15, 0.2) is 0 Å². The minimum absolute atomic E-state index is 0.286. The van der Waals surface area contributed by atoms with Gasteiger partial charge in [-0.25, -0.2) is 4.79 Å². The van der Waals surface area contributed by atoms with E-state index in [9.17, 15) is 18.0 Å². The number of nitrogens with one attached hydrogen (secondary N) is 2. The summed E-state index contributed by atoms with van der Waals surface area (Å²) in [7, 11) is 0. The molecule has 2 aliphatic rings. The van der Waals surface area contributed by atoms with Gasteiger partial charge in [0.05, 0.1) is 36.0 Å². The first-order chi connectivity index (χ1) is 15.6. The highest BCUT2D eigenvalue weighted by Gasteiger charge is 2.46. The van der Waals surface area contributed by atoms with Crippen LogP contribution < -0.4 is 10.6 Å². The highest BCUT2D eigenvalue weighted by atomic mass is 19.4. The number of hydrogen-bond acceptors (Lipinski definition) is 4. The fourth-order valence-electron chi connectivity index (χ4n) is 4.73. The Kier molecular flexibility index (Phi) is 6.42. The number of carbonyl (C=O) groups is 1. The van der Waals surface area contributed by atoms with E-state index < -0.39 is 29.5 Å². The number of rotatable bonds is 5. The van der Waals surface area contributed by atoms with Gasteiger partial charge in [0, 0.05) is 13.0 Å². The molecule has 0 aliphatic carbocycles. The third-order valence-electron chi connectivity index (χ3n) is 6.78. The van der Waals surface area contributed by atoms with E-state index in [-0.39, 0.29) is 12.1 Å². The van der Waals surface area contributed by atoms with Crippen LogP contribution in [-0.2, 0) is 21.2 Å². The average Bonchev–Trinajstić information content (AvgIpc) is 2.78. The summed E-state index contributed by atoms with van der Waals surface area (Å²) in [6.07, 6.45) is -3.17. The molecule has 1 spiro atoms. The quantitative estimate of drug-likeness (QED) is 0.638. The molecule has 3 atom stereocenters. The third kappa shape index (κ3) is 5.17. The number of benzene rings is 2. The zero-order valence-electron chi connectivity index (χ0n) is 18.8. The van der Waals surface area contributed by atoms with Crippen LogP contribution in [0.1, 0.15) is 54.5 Å². The molecular formula is C25H29F3N2O3. The Morgan fingerprint density at radius 1 is 1.12 bits per heavy atom. The van der Waals surface area contributed by atoms with Gasteiger partial charge in [0.25, 0.3) is 0 Å². The number of alkyl carbamates (subject to hydrolysis) is 1. The van der Waals surface area contributed by atoms with Crippen molar-refractivity contribution >= 4 is 6.09 Å². The molecule has 0 saturated carbocycles. The molecule has 4 rings (SSSR count). The molecule has 5 nitrogen and oxygen atoms in total. The number of aryl methyl sites for hydroxylation is 1. The van der Waals surface area contributed by atoms with Gasteiger partial charge in [0.2, 0.25) is 0 Å². The fraction of sp³-hybridized carbons (Fsp3) is 0.480. The molecule has 0 aromatic heterocycles. The summed E-state index contributed by atoms with van der Waals surface area (Å²) in [5, 5.41) is 6.58. The van der Waals surface area contributed by atoms with Gasteiger partial charge in [-0.3, -0.25) is 0 Å². The largest absolute Gasteiger partial charge is 0.449 e. The molecule has 0 bridgehead atoms. The lowest BCUT2D eigenvalue weighted by molar-refractivity contribution is -0.137. The average molecular weight is 463 g/mol. The van der Waals surface area contributed by atoms with Crippen molar-refractivity contribution in [3.05, 3.63) is 70.8 Å². The normalized spacial score (nSPS) is 26.5. The van der Waals surface area contributed by atoms with E-state index in [1.807, 2.05) is 30.3 Å². The Morgan fingerprint density at radius 3 is 2.52 bits per heavy atom. The summed E-state index contributed by atoms with van der Waals surface area (Å²) in [6.45, 7) is 4.65. The lowest BCUT2D eigenvalue weighted by atomic mass is 9.75. The van der Waals surface area contributed by atoms with Crippen LogP contribution in [0.4, 0.5) is 18.0 Å². The number of piperidine rings is 1. The van der Waals surface area contributed by atoms with Crippen LogP contribution in [0.3, 0.4) is 0 Å². The maximum absolute atomic E-state index is 13.3. The van der Waals surface area contributed by atoms with Crippen molar-refractivity contribution in [3.8, 4) is 0 Å². The van der Waals surface area contributed by atoms with E-state index in [0.29, 0.717) is 30.7 Å². The van der Waals surface area contributed by atoms with Crippen LogP contribution in [0.25, 0.3) is 0 Å². The lowest BCUT2D eigenvalue weighted by Crippen LogP contribution is -2.66. The van der Waals surface area contributed by atoms with Crippen molar-refractivity contribution in [2.45, 2.75) is 56.5 Å². The first-order valence-electron chi connectivity index (χ1n) is 11.2. The predicted octanol–water partition coefficient (Wildman–Crippen LogP) is 5.24. The summed E-state index contributed by atoms with van der Waals surface area (Å²) in [6, 6.07) is 13.9. The standard InChI is InChI=1S/C25H29F3N2O3/c1-17-12-19(14-21(13-17)25(26,27)28)18(2)33-16-24(20-6-4-3-5-7-20)9-8-23(15-29-24)10-11-32-22(31)30-23/h3-7,12-14,18,29H,8-11,15-16H2,1-2H3,(H,30,31)/t18-,23+,24-/m1/s1. The molecule has 178 valence electrons. The number of halogens is 3. The molecule has 0 unspecified atom stereocenters. The lowest BCUT2D eigenvalue weighted by Gasteiger charge is -2.49. The summed E-state index contributed by atoms with van der Waals surface area (Å²) >= 11 is 0. The minimum atomic E-state index is -4.40. The molecule has 2 fully saturated rings. The SMILES string of the molecule is Cc1cc([C@@H](C)OC[C@@]2(c3ccccc3)CC[C@]3(CCOC(=O)N3)CN2)cc(C(F)(F)F)c1. The summed E-state index contributed by atoms with van der Waals surface area (Å²) < 4.78 is 51.1. The van der Waals surface area contributed by atoms with Crippen LogP contribution in [0.15, 0.2) is 48.5 Å². The van der Waals surface area contributed by atoms with Gasteiger partial charge in [-0.2, -0.15) is 13.2 Å². The van der Waals surface area contributed by atoms with Crippen molar-refractivity contribution in [1.82, 2.24) is 10.6 Å². The molecule has 2 saturated heterocycles. The number of cyclic esters (lactones) is 1. The second kappa shape index (κ2) is 8.99. The van der Waals surface area contributed by atoms with Crippen molar-refractivity contribution in [2.24, 2.45) is 0 Å².